The number of rotatable bonds is 3. The van der Waals surface area contributed by atoms with Gasteiger partial charge in [-0.3, -0.25) is 14.4 Å². The van der Waals surface area contributed by atoms with Gasteiger partial charge in [0.2, 0.25) is 0 Å². The Morgan fingerprint density at radius 3 is 0.815 bits per heavy atom. The number of ketones is 3. The lowest BCUT2D eigenvalue weighted by Crippen LogP contribution is -1.98. The molecule has 54 heavy (non-hydrogen) atoms. The van der Waals surface area contributed by atoms with E-state index in [2.05, 4.69) is 0 Å². The van der Waals surface area contributed by atoms with E-state index in [1.165, 1.54) is 18.2 Å². The first kappa shape index (κ1) is 33.8. The molecule has 9 nitrogen and oxygen atoms in total. The molecule has 7 rings (SSSR count). The van der Waals surface area contributed by atoms with Crippen molar-refractivity contribution in [3.8, 4) is 36.4 Å². The molecular formula is C45H18N6O3. The Balaban J connectivity index is 1.52. The minimum atomic E-state index is -0.425. The van der Waals surface area contributed by atoms with Gasteiger partial charge in [-0.05, 0) is 69.8 Å². The Labute approximate surface area is 308 Å². The van der Waals surface area contributed by atoms with Crippen molar-refractivity contribution in [1.29, 1.82) is 31.6 Å². The molecular weight excluding hydrogens is 673 g/mol. The van der Waals surface area contributed by atoms with Crippen LogP contribution in [0.3, 0.4) is 0 Å². The van der Waals surface area contributed by atoms with Crippen molar-refractivity contribution in [2.24, 2.45) is 0 Å². The molecule has 0 spiro atoms. The maximum atomic E-state index is 13.8. The van der Waals surface area contributed by atoms with Crippen LogP contribution in [0.25, 0.3) is 34.9 Å². The van der Waals surface area contributed by atoms with E-state index in [0.29, 0.717) is 50.1 Å². The highest BCUT2D eigenvalue weighted by atomic mass is 16.1. The van der Waals surface area contributed by atoms with E-state index < -0.39 is 17.3 Å². The third-order valence-corrected chi connectivity index (χ3v) is 9.22. The van der Waals surface area contributed by atoms with Crippen molar-refractivity contribution in [2.45, 2.75) is 0 Å². The molecule has 0 aliphatic heterocycles. The number of hydrogen-bond donors (Lipinski definition) is 0. The fourth-order valence-corrected chi connectivity index (χ4v) is 6.99. The van der Waals surface area contributed by atoms with Crippen LogP contribution in [0.4, 0.5) is 0 Å². The monoisotopic (exact) mass is 690 g/mol. The summed E-state index contributed by atoms with van der Waals surface area (Å²) in [5, 5.41) is 59.2. The van der Waals surface area contributed by atoms with Gasteiger partial charge in [0.05, 0.1) is 0 Å². The van der Waals surface area contributed by atoms with E-state index in [9.17, 15) is 46.0 Å². The molecule has 246 valence electrons. The van der Waals surface area contributed by atoms with Gasteiger partial charge in [0.25, 0.3) is 0 Å². The SMILES string of the molecule is N#CC(C#N)=C1/C(=C/c2cc(/C=C3\C(=O)c4ccccc4C3=C(C#N)C#N)cc(/C=C3\C(=O)c4ccccc4C3=C(C#N)C#N)c2)C(=O)c2ccccc21. The zero-order valence-electron chi connectivity index (χ0n) is 27.8. The Morgan fingerprint density at radius 1 is 0.370 bits per heavy atom. The average Bonchev–Trinajstić information content (AvgIpc) is 3.74. The van der Waals surface area contributed by atoms with Crippen LogP contribution in [0.5, 0.6) is 0 Å². The predicted octanol–water partition coefficient (Wildman–Crippen LogP) is 7.93. The summed E-state index contributed by atoms with van der Waals surface area (Å²) in [4.78, 5) is 41.4. The minimum Gasteiger partial charge on any atom is -0.289 e. The lowest BCUT2D eigenvalue weighted by molar-refractivity contribution is 0.103. The third-order valence-electron chi connectivity index (χ3n) is 9.22. The Bertz CT molecular complexity index is 2560. The van der Waals surface area contributed by atoms with Crippen LogP contribution in [0, 0.1) is 68.0 Å². The second kappa shape index (κ2) is 13.5. The van der Waals surface area contributed by atoms with E-state index in [4.69, 9.17) is 0 Å². The number of allylic oxidation sites excluding steroid dienone is 9. The summed E-state index contributed by atoms with van der Waals surface area (Å²) in [7, 11) is 0. The molecule has 0 unspecified atom stereocenters. The molecule has 0 aromatic heterocycles. The number of fused-ring (bicyclic) bond motifs is 3. The van der Waals surface area contributed by atoms with Gasteiger partial charge in [0, 0.05) is 50.1 Å². The molecule has 3 aliphatic carbocycles. The van der Waals surface area contributed by atoms with Gasteiger partial charge in [0.15, 0.2) is 17.3 Å². The second-order valence-electron chi connectivity index (χ2n) is 12.2. The molecule has 0 atom stereocenters. The molecule has 0 fully saturated rings. The number of carbonyl (C=O) groups excluding carboxylic acids is 3. The fraction of sp³-hybridized carbons (Fsp3) is 0. The van der Waals surface area contributed by atoms with Crippen molar-refractivity contribution in [3.63, 3.8) is 0 Å². The van der Waals surface area contributed by atoms with Crippen LogP contribution in [-0.4, -0.2) is 17.3 Å². The molecule has 0 heterocycles. The van der Waals surface area contributed by atoms with E-state index in [1.54, 1.807) is 91.0 Å². The van der Waals surface area contributed by atoms with Crippen LogP contribution >= 0.6 is 0 Å². The molecule has 0 bridgehead atoms. The van der Waals surface area contributed by atoms with Crippen LogP contribution < -0.4 is 0 Å². The van der Waals surface area contributed by atoms with Crippen LogP contribution in [0.1, 0.15) is 64.5 Å². The first-order chi connectivity index (χ1) is 26.3. The summed E-state index contributed by atoms with van der Waals surface area (Å²) >= 11 is 0. The zero-order valence-corrected chi connectivity index (χ0v) is 27.8. The molecule has 9 heteroatoms. The summed E-state index contributed by atoms with van der Waals surface area (Å²) in [6.07, 6.45) is 4.52. The van der Waals surface area contributed by atoms with Gasteiger partial charge in [-0.1, -0.05) is 72.8 Å². The first-order valence-corrected chi connectivity index (χ1v) is 16.2. The minimum absolute atomic E-state index is 0.0695. The molecule has 0 radical (unpaired) electrons. The number of nitrogens with zero attached hydrogens (tertiary/aromatic N) is 6. The molecule has 3 aliphatic rings. The molecule has 0 saturated carbocycles. The normalized spacial score (nSPS) is 15.8. The van der Waals surface area contributed by atoms with Crippen LogP contribution in [0.2, 0.25) is 0 Å². The van der Waals surface area contributed by atoms with Crippen molar-refractivity contribution in [2.75, 3.05) is 0 Å². The predicted molar refractivity (Wildman–Crippen MR) is 197 cm³/mol. The summed E-state index contributed by atoms with van der Waals surface area (Å²) in [6.45, 7) is 0. The molecule has 0 amide bonds. The number of hydrogen-bond acceptors (Lipinski definition) is 9. The van der Waals surface area contributed by atoms with E-state index in [1.807, 2.05) is 36.4 Å². The highest BCUT2D eigenvalue weighted by molar-refractivity contribution is 6.32. The van der Waals surface area contributed by atoms with Gasteiger partial charge < -0.3 is 0 Å². The Kier molecular flexibility index (Phi) is 8.46. The third kappa shape index (κ3) is 5.34. The number of carbonyl (C=O) groups is 3. The Hall–Kier alpha value is -8.73. The van der Waals surface area contributed by atoms with Crippen LogP contribution in [-0.2, 0) is 0 Å². The zero-order chi connectivity index (χ0) is 38.1. The summed E-state index contributed by atoms with van der Waals surface area (Å²) in [6, 6.07) is 36.0. The van der Waals surface area contributed by atoms with Gasteiger partial charge in [-0.2, -0.15) is 31.6 Å². The van der Waals surface area contributed by atoms with E-state index in [-0.39, 0.29) is 50.2 Å². The summed E-state index contributed by atoms with van der Waals surface area (Å²) in [5.41, 5.74) is 3.12. The Morgan fingerprint density at radius 2 is 0.593 bits per heavy atom. The number of nitriles is 6. The highest BCUT2D eigenvalue weighted by Crippen LogP contribution is 2.43. The number of benzene rings is 4. The van der Waals surface area contributed by atoms with E-state index >= 15 is 0 Å². The lowest BCUT2D eigenvalue weighted by Gasteiger charge is -2.08. The second-order valence-corrected chi connectivity index (χ2v) is 12.2. The molecule has 0 N–H and O–H groups in total. The average molecular weight is 691 g/mol. The topological polar surface area (TPSA) is 194 Å². The van der Waals surface area contributed by atoms with Gasteiger partial charge >= 0.3 is 0 Å². The van der Waals surface area contributed by atoms with Crippen molar-refractivity contribution in [1.82, 2.24) is 0 Å². The van der Waals surface area contributed by atoms with Crippen molar-refractivity contribution < 1.29 is 14.4 Å². The first-order valence-electron chi connectivity index (χ1n) is 16.2. The number of Topliss-reactive ketones (excluding diaryl/α,β-unsaturated/α-hetero) is 3. The van der Waals surface area contributed by atoms with Crippen LogP contribution in [0.15, 0.2) is 124 Å². The van der Waals surface area contributed by atoms with Gasteiger partial charge in [-0.15, -0.1) is 0 Å². The van der Waals surface area contributed by atoms with Gasteiger partial charge in [-0.25, -0.2) is 0 Å². The van der Waals surface area contributed by atoms with E-state index in [0.717, 1.165) is 0 Å². The molecule has 4 aromatic rings. The standard InChI is InChI=1S/C45H18N6O3/c46-19-28(20-47)40-31-7-1-4-10-34(31)43(52)37(40)16-25-13-26(17-38-41(29(21-48)22-49)32-8-2-5-11-35(32)44(38)53)15-27(14-25)18-39-42(30(23-50)24-51)33-9-3-6-12-36(33)45(39)54/h1-18H/b37-16-,38-17-,39-18-. The highest BCUT2D eigenvalue weighted by Gasteiger charge is 2.35. The summed E-state index contributed by atoms with van der Waals surface area (Å²) in [5.74, 6) is -1.28. The maximum Gasteiger partial charge on any atom is 0.194 e. The largest absolute Gasteiger partial charge is 0.289 e. The van der Waals surface area contributed by atoms with Crippen molar-refractivity contribution in [3.05, 3.63) is 175 Å². The quantitative estimate of drug-likeness (QED) is 0.151. The van der Waals surface area contributed by atoms with Crippen molar-refractivity contribution >= 4 is 52.3 Å². The molecule has 4 aromatic carbocycles. The summed E-state index contributed by atoms with van der Waals surface area (Å²) < 4.78 is 0. The fourth-order valence-electron chi connectivity index (χ4n) is 6.99. The molecule has 0 saturated heterocycles. The smallest absolute Gasteiger partial charge is 0.194 e. The van der Waals surface area contributed by atoms with Gasteiger partial charge in [0.1, 0.15) is 53.1 Å². The maximum absolute atomic E-state index is 13.8. The lowest BCUT2D eigenvalue weighted by atomic mass is 9.93.